The van der Waals surface area contributed by atoms with Crippen LogP contribution in [0.1, 0.15) is 6.42 Å². The first-order valence-electron chi connectivity index (χ1n) is 10.3. The van der Waals surface area contributed by atoms with Gasteiger partial charge in [0.2, 0.25) is 11.8 Å². The lowest BCUT2D eigenvalue weighted by atomic mass is 10.2. The van der Waals surface area contributed by atoms with Gasteiger partial charge in [-0.25, -0.2) is 14.9 Å². The number of thioether (sulfide) groups is 1. The molecule has 0 bridgehead atoms. The molecule has 8 nitrogen and oxygen atoms in total. The molecule has 1 saturated heterocycles. The van der Waals surface area contributed by atoms with E-state index in [-0.39, 0.29) is 18.2 Å². The zero-order valence-electron chi connectivity index (χ0n) is 17.2. The van der Waals surface area contributed by atoms with Crippen LogP contribution in [0.15, 0.2) is 84.3 Å². The van der Waals surface area contributed by atoms with E-state index in [1.54, 1.807) is 41.2 Å². The Labute approximate surface area is 192 Å². The number of hydrogen-bond donors (Lipinski definition) is 0. The molecule has 0 aliphatic carbocycles. The molecule has 4 heterocycles. The van der Waals surface area contributed by atoms with Crippen molar-refractivity contribution in [3.05, 3.63) is 79.1 Å². The number of carbonyl (C=O) groups is 2. The summed E-state index contributed by atoms with van der Waals surface area (Å²) in [6.07, 6.45) is 3.49. The highest BCUT2D eigenvalue weighted by Crippen LogP contribution is 2.34. The third-order valence-corrected chi connectivity index (χ3v) is 6.56. The van der Waals surface area contributed by atoms with Gasteiger partial charge < -0.3 is 0 Å². The maximum Gasteiger partial charge on any atom is 0.247 e. The van der Waals surface area contributed by atoms with E-state index in [1.165, 1.54) is 16.7 Å². The minimum absolute atomic E-state index is 0.0958. The van der Waals surface area contributed by atoms with Gasteiger partial charge in [0.05, 0.1) is 11.2 Å². The van der Waals surface area contributed by atoms with E-state index in [9.17, 15) is 9.59 Å². The Kier molecular flexibility index (Phi) is 4.62. The fraction of sp³-hybridized carbons (Fsp3) is 0.0833. The highest BCUT2D eigenvalue weighted by Gasteiger charge is 2.41. The van der Waals surface area contributed by atoms with E-state index < -0.39 is 5.25 Å². The molecule has 0 radical (unpaired) electrons. The second-order valence-electron chi connectivity index (χ2n) is 7.54. The first-order chi connectivity index (χ1) is 16.2. The van der Waals surface area contributed by atoms with Gasteiger partial charge in [-0.2, -0.15) is 4.52 Å². The number of amides is 2. The Bertz CT molecular complexity index is 1520. The molecule has 1 fully saturated rings. The molecule has 2 aromatic carbocycles. The predicted octanol–water partition coefficient (Wildman–Crippen LogP) is 3.76. The smallest absolute Gasteiger partial charge is 0.247 e. The molecule has 1 aliphatic heterocycles. The summed E-state index contributed by atoms with van der Waals surface area (Å²) in [6.45, 7) is 0. The molecule has 0 N–H and O–H groups in total. The zero-order chi connectivity index (χ0) is 22.4. The van der Waals surface area contributed by atoms with Crippen LogP contribution in [-0.4, -0.2) is 41.6 Å². The van der Waals surface area contributed by atoms with Crippen molar-refractivity contribution in [2.75, 3.05) is 4.90 Å². The van der Waals surface area contributed by atoms with Crippen molar-refractivity contribution in [2.24, 2.45) is 0 Å². The van der Waals surface area contributed by atoms with Crippen molar-refractivity contribution in [2.45, 2.75) is 16.8 Å². The third kappa shape index (κ3) is 3.33. The van der Waals surface area contributed by atoms with Crippen molar-refractivity contribution in [3.8, 4) is 11.4 Å². The highest BCUT2D eigenvalue weighted by molar-refractivity contribution is 8.00. The molecular formula is C24H16N6O2S. The molecule has 1 aliphatic rings. The number of hydrogen-bond acceptors (Lipinski definition) is 7. The monoisotopic (exact) mass is 452 g/mol. The van der Waals surface area contributed by atoms with Gasteiger partial charge in [0, 0.05) is 29.8 Å². The van der Waals surface area contributed by atoms with Gasteiger partial charge in [-0.1, -0.05) is 42.1 Å². The molecule has 2 amide bonds. The molecule has 160 valence electrons. The van der Waals surface area contributed by atoms with Gasteiger partial charge in [0.25, 0.3) is 0 Å². The third-order valence-electron chi connectivity index (χ3n) is 5.44. The first-order valence-corrected chi connectivity index (χ1v) is 11.2. The van der Waals surface area contributed by atoms with Crippen LogP contribution in [0.5, 0.6) is 0 Å². The number of rotatable bonds is 4. The van der Waals surface area contributed by atoms with Crippen LogP contribution in [0.3, 0.4) is 0 Å². The van der Waals surface area contributed by atoms with Gasteiger partial charge in [-0.3, -0.25) is 14.6 Å². The summed E-state index contributed by atoms with van der Waals surface area (Å²) in [5, 5.41) is 5.43. The van der Waals surface area contributed by atoms with E-state index in [1.807, 2.05) is 42.5 Å². The van der Waals surface area contributed by atoms with Crippen LogP contribution in [0.4, 0.5) is 5.69 Å². The van der Waals surface area contributed by atoms with E-state index in [2.05, 4.69) is 10.1 Å². The summed E-state index contributed by atoms with van der Waals surface area (Å²) < 4.78 is 1.65. The van der Waals surface area contributed by atoms with Gasteiger partial charge in [0.1, 0.15) is 5.25 Å². The van der Waals surface area contributed by atoms with Crippen molar-refractivity contribution >= 4 is 45.8 Å². The summed E-state index contributed by atoms with van der Waals surface area (Å²) >= 11 is 1.24. The number of benzene rings is 2. The van der Waals surface area contributed by atoms with Crippen LogP contribution >= 0.6 is 11.8 Å². The second-order valence-corrected chi connectivity index (χ2v) is 8.71. The SMILES string of the molecule is O=C1C[C@@H](Sc2nc3ccccc3c3nc(-c4cccnc4)nn23)C(=O)N1c1ccccc1. The second kappa shape index (κ2) is 7.79. The molecule has 3 aromatic heterocycles. The lowest BCUT2D eigenvalue weighted by molar-refractivity contribution is -0.121. The minimum atomic E-state index is -0.597. The fourth-order valence-electron chi connectivity index (χ4n) is 3.90. The van der Waals surface area contributed by atoms with Gasteiger partial charge in [-0.05, 0) is 36.4 Å². The normalized spacial score (nSPS) is 16.2. The summed E-state index contributed by atoms with van der Waals surface area (Å²) in [5.74, 6) is 0.0325. The van der Waals surface area contributed by atoms with Crippen LogP contribution in [0, 0.1) is 0 Å². The van der Waals surface area contributed by atoms with E-state index in [0.717, 1.165) is 16.5 Å². The molecule has 0 spiro atoms. The summed E-state index contributed by atoms with van der Waals surface area (Å²) in [4.78, 5) is 40.7. The van der Waals surface area contributed by atoms with Crippen molar-refractivity contribution in [1.29, 1.82) is 0 Å². The predicted molar refractivity (Wildman–Crippen MR) is 125 cm³/mol. The van der Waals surface area contributed by atoms with Crippen LogP contribution in [-0.2, 0) is 9.59 Å². The van der Waals surface area contributed by atoms with Crippen molar-refractivity contribution in [1.82, 2.24) is 24.6 Å². The molecule has 0 unspecified atom stereocenters. The maximum atomic E-state index is 13.2. The minimum Gasteiger partial charge on any atom is -0.274 e. The van der Waals surface area contributed by atoms with Crippen LogP contribution in [0.25, 0.3) is 27.9 Å². The lowest BCUT2D eigenvalue weighted by Crippen LogP contribution is -2.31. The van der Waals surface area contributed by atoms with Gasteiger partial charge in [0.15, 0.2) is 16.6 Å². The zero-order valence-corrected chi connectivity index (χ0v) is 18.0. The standard InChI is InChI=1S/C24H16N6O2S/c31-20-13-19(23(32)29(20)16-8-2-1-3-9-16)33-24-26-18-11-5-4-10-17(18)22-27-21(28-30(22)24)15-7-6-12-25-14-15/h1-12,14,19H,13H2/t19-/m1/s1. The number of nitrogens with zero attached hydrogens (tertiary/aromatic N) is 6. The average Bonchev–Trinajstić information content (AvgIpc) is 3.42. The number of anilines is 1. The maximum absolute atomic E-state index is 13.2. The first kappa shape index (κ1) is 19.6. The van der Waals surface area contributed by atoms with Crippen LogP contribution < -0.4 is 4.90 Å². The molecule has 6 rings (SSSR count). The fourth-order valence-corrected chi connectivity index (χ4v) is 4.96. The molecular weight excluding hydrogens is 436 g/mol. The average molecular weight is 452 g/mol. The van der Waals surface area contributed by atoms with E-state index in [0.29, 0.717) is 22.3 Å². The topological polar surface area (TPSA) is 93.3 Å². The van der Waals surface area contributed by atoms with E-state index >= 15 is 0 Å². The van der Waals surface area contributed by atoms with Crippen LogP contribution in [0.2, 0.25) is 0 Å². The molecule has 1 atom stereocenters. The number of pyridine rings is 1. The molecule has 33 heavy (non-hydrogen) atoms. The van der Waals surface area contributed by atoms with Crippen molar-refractivity contribution in [3.63, 3.8) is 0 Å². The number of imide groups is 1. The van der Waals surface area contributed by atoms with E-state index in [4.69, 9.17) is 9.97 Å². The Morgan fingerprint density at radius 1 is 0.909 bits per heavy atom. The number of fused-ring (bicyclic) bond motifs is 3. The Balaban J connectivity index is 1.43. The molecule has 9 heteroatoms. The Hall–Kier alpha value is -4.11. The van der Waals surface area contributed by atoms with Gasteiger partial charge >= 0.3 is 0 Å². The van der Waals surface area contributed by atoms with Gasteiger partial charge in [-0.15, -0.1) is 5.10 Å². The lowest BCUT2D eigenvalue weighted by Gasteiger charge is -2.14. The molecule has 0 saturated carbocycles. The number of aromatic nitrogens is 5. The van der Waals surface area contributed by atoms with Crippen molar-refractivity contribution < 1.29 is 9.59 Å². The Morgan fingerprint density at radius 3 is 2.55 bits per heavy atom. The Morgan fingerprint density at radius 2 is 1.73 bits per heavy atom. The number of carbonyl (C=O) groups excluding carboxylic acids is 2. The molecule has 5 aromatic rings. The number of para-hydroxylation sites is 2. The summed E-state index contributed by atoms with van der Waals surface area (Å²) in [5.41, 5.74) is 2.74. The summed E-state index contributed by atoms with van der Waals surface area (Å²) in [7, 11) is 0. The quantitative estimate of drug-likeness (QED) is 0.303. The largest absolute Gasteiger partial charge is 0.274 e. The summed E-state index contributed by atoms with van der Waals surface area (Å²) in [6, 6.07) is 20.4. The highest BCUT2D eigenvalue weighted by atomic mass is 32.2.